The zero-order chi connectivity index (χ0) is 25.0. The van der Waals surface area contributed by atoms with Crippen LogP contribution in [0.1, 0.15) is 168 Å². The van der Waals surface area contributed by atoms with Gasteiger partial charge in [0.1, 0.15) is 0 Å². The van der Waals surface area contributed by atoms with Gasteiger partial charge in [-0.05, 0) is 19.3 Å². The summed E-state index contributed by atoms with van der Waals surface area (Å²) in [5, 5.41) is 0. The Kier molecular flexibility index (Phi) is 27.3. The number of esters is 2. The molecule has 0 radical (unpaired) electrons. The van der Waals surface area contributed by atoms with Gasteiger partial charge in [-0.15, -0.1) is 0 Å². The molecule has 0 saturated carbocycles. The number of unbranched alkanes of at least 4 members (excludes halogenated alkanes) is 19. The lowest BCUT2D eigenvalue weighted by molar-refractivity contribution is -0.145. The molecule has 0 unspecified atom stereocenters. The van der Waals surface area contributed by atoms with E-state index in [0.29, 0.717) is 32.5 Å². The second kappa shape index (κ2) is 28.2. The van der Waals surface area contributed by atoms with Crippen LogP contribution in [0, 0.1) is 0 Å². The van der Waals surface area contributed by atoms with Gasteiger partial charge in [0.15, 0.2) is 0 Å². The lowest BCUT2D eigenvalue weighted by Crippen LogP contribution is -2.09. The van der Waals surface area contributed by atoms with Crippen LogP contribution in [-0.2, 0) is 19.1 Å². The number of hydrogen-bond acceptors (Lipinski definition) is 4. The van der Waals surface area contributed by atoms with Crippen molar-refractivity contribution in [2.75, 3.05) is 13.2 Å². The van der Waals surface area contributed by atoms with E-state index >= 15 is 0 Å². The van der Waals surface area contributed by atoms with Crippen molar-refractivity contribution in [2.45, 2.75) is 168 Å². The molecule has 4 nitrogen and oxygen atoms in total. The molecule has 0 heterocycles. The molecule has 0 aliphatic carbocycles. The molecule has 202 valence electrons. The topological polar surface area (TPSA) is 52.6 Å². The minimum Gasteiger partial charge on any atom is -0.466 e. The maximum atomic E-state index is 11.8. The van der Waals surface area contributed by atoms with E-state index in [4.69, 9.17) is 9.47 Å². The van der Waals surface area contributed by atoms with Crippen LogP contribution in [-0.4, -0.2) is 25.2 Å². The number of carbonyl (C=O) groups is 2. The van der Waals surface area contributed by atoms with Crippen molar-refractivity contribution in [1.29, 1.82) is 0 Å². The highest BCUT2D eigenvalue weighted by molar-refractivity contribution is 5.72. The molecule has 0 N–H and O–H groups in total. The largest absolute Gasteiger partial charge is 0.466 e. The SMILES string of the molecule is CCCCCCCCCCCCCCCCCOC(=O)CCCC(=O)OCCCCCCCC. The Bertz CT molecular complexity index is 436. The Morgan fingerprint density at radius 3 is 0.941 bits per heavy atom. The van der Waals surface area contributed by atoms with Crippen molar-refractivity contribution in [2.24, 2.45) is 0 Å². The van der Waals surface area contributed by atoms with Gasteiger partial charge < -0.3 is 9.47 Å². The molecule has 0 spiro atoms. The van der Waals surface area contributed by atoms with Crippen molar-refractivity contribution in [3.05, 3.63) is 0 Å². The summed E-state index contributed by atoms with van der Waals surface area (Å²) >= 11 is 0. The van der Waals surface area contributed by atoms with E-state index in [1.807, 2.05) is 0 Å². The maximum absolute atomic E-state index is 11.8. The van der Waals surface area contributed by atoms with Crippen molar-refractivity contribution in [3.63, 3.8) is 0 Å². The Balaban J connectivity index is 3.25. The minimum absolute atomic E-state index is 0.186. The van der Waals surface area contributed by atoms with E-state index in [2.05, 4.69) is 13.8 Å². The molecule has 0 amide bonds. The molecule has 0 saturated heterocycles. The molecule has 0 aliphatic rings. The van der Waals surface area contributed by atoms with Crippen molar-refractivity contribution in [3.8, 4) is 0 Å². The quantitative estimate of drug-likeness (QED) is 0.0864. The molecule has 0 atom stereocenters. The third-order valence-electron chi connectivity index (χ3n) is 6.53. The highest BCUT2D eigenvalue weighted by Gasteiger charge is 2.07. The fraction of sp³-hybridized carbons (Fsp3) is 0.933. The molecular formula is C30H58O4. The van der Waals surface area contributed by atoms with Crippen LogP contribution in [0.25, 0.3) is 0 Å². The van der Waals surface area contributed by atoms with Crippen LogP contribution in [0.4, 0.5) is 0 Å². The van der Waals surface area contributed by atoms with E-state index in [0.717, 1.165) is 25.7 Å². The Hall–Kier alpha value is -1.06. The lowest BCUT2D eigenvalue weighted by Gasteiger charge is -2.06. The van der Waals surface area contributed by atoms with Crippen molar-refractivity contribution < 1.29 is 19.1 Å². The van der Waals surface area contributed by atoms with E-state index in [9.17, 15) is 9.59 Å². The van der Waals surface area contributed by atoms with Crippen LogP contribution in [0.3, 0.4) is 0 Å². The third kappa shape index (κ3) is 27.2. The molecule has 0 bridgehead atoms. The predicted octanol–water partition coefficient (Wildman–Crippen LogP) is 9.48. The first-order valence-corrected chi connectivity index (χ1v) is 15.0. The average molecular weight is 483 g/mol. The van der Waals surface area contributed by atoms with Crippen LogP contribution in [0.2, 0.25) is 0 Å². The van der Waals surface area contributed by atoms with E-state index in [-0.39, 0.29) is 11.9 Å². The molecule has 0 rings (SSSR count). The van der Waals surface area contributed by atoms with Crippen LogP contribution in [0.15, 0.2) is 0 Å². The van der Waals surface area contributed by atoms with E-state index in [1.54, 1.807) is 0 Å². The second-order valence-corrected chi connectivity index (χ2v) is 10.0. The number of hydrogen-bond donors (Lipinski definition) is 0. The third-order valence-corrected chi connectivity index (χ3v) is 6.53. The molecular weight excluding hydrogens is 424 g/mol. The lowest BCUT2D eigenvalue weighted by atomic mass is 10.0. The van der Waals surface area contributed by atoms with E-state index < -0.39 is 0 Å². The number of carbonyl (C=O) groups excluding carboxylic acids is 2. The monoisotopic (exact) mass is 482 g/mol. The highest BCUT2D eigenvalue weighted by atomic mass is 16.5. The van der Waals surface area contributed by atoms with Gasteiger partial charge in [-0.3, -0.25) is 9.59 Å². The van der Waals surface area contributed by atoms with Crippen LogP contribution >= 0.6 is 0 Å². The Morgan fingerprint density at radius 2 is 0.647 bits per heavy atom. The van der Waals surface area contributed by atoms with E-state index in [1.165, 1.54) is 109 Å². The number of rotatable bonds is 27. The first-order chi connectivity index (χ1) is 16.7. The van der Waals surface area contributed by atoms with Gasteiger partial charge in [0.05, 0.1) is 13.2 Å². The molecule has 0 aromatic carbocycles. The van der Waals surface area contributed by atoms with Gasteiger partial charge in [-0.25, -0.2) is 0 Å². The molecule has 0 aliphatic heterocycles. The summed E-state index contributed by atoms with van der Waals surface area (Å²) in [5.41, 5.74) is 0. The zero-order valence-corrected chi connectivity index (χ0v) is 23.0. The summed E-state index contributed by atoms with van der Waals surface area (Å²) in [6, 6.07) is 0. The number of ether oxygens (including phenoxy) is 2. The van der Waals surface area contributed by atoms with Gasteiger partial charge in [-0.1, -0.05) is 136 Å². The molecule has 0 fully saturated rings. The summed E-state index contributed by atoms with van der Waals surface area (Å²) in [7, 11) is 0. The maximum Gasteiger partial charge on any atom is 0.305 e. The summed E-state index contributed by atoms with van der Waals surface area (Å²) in [6.45, 7) is 5.50. The summed E-state index contributed by atoms with van der Waals surface area (Å²) < 4.78 is 10.5. The van der Waals surface area contributed by atoms with Gasteiger partial charge in [0.2, 0.25) is 0 Å². The van der Waals surface area contributed by atoms with Crippen molar-refractivity contribution in [1.82, 2.24) is 0 Å². The Morgan fingerprint density at radius 1 is 0.382 bits per heavy atom. The smallest absolute Gasteiger partial charge is 0.305 e. The minimum atomic E-state index is -0.191. The average Bonchev–Trinajstić information content (AvgIpc) is 2.83. The van der Waals surface area contributed by atoms with Crippen LogP contribution in [0.5, 0.6) is 0 Å². The fourth-order valence-electron chi connectivity index (χ4n) is 4.25. The molecule has 0 aromatic rings. The normalized spacial score (nSPS) is 11.0. The van der Waals surface area contributed by atoms with Gasteiger partial charge >= 0.3 is 11.9 Å². The molecule has 34 heavy (non-hydrogen) atoms. The molecule has 4 heteroatoms. The predicted molar refractivity (Wildman–Crippen MR) is 144 cm³/mol. The summed E-state index contributed by atoms with van der Waals surface area (Å²) in [4.78, 5) is 23.5. The standard InChI is InChI=1S/C30H58O4/c1-3-5-7-9-11-12-13-14-15-16-17-18-19-21-23-28-34-30(32)26-24-25-29(31)33-27-22-20-10-8-6-4-2/h3-28H2,1-2H3. The van der Waals surface area contributed by atoms with Gasteiger partial charge in [0.25, 0.3) is 0 Å². The Labute approximate surface area is 212 Å². The summed E-state index contributed by atoms with van der Waals surface area (Å²) in [5.74, 6) is -0.377. The first-order valence-electron chi connectivity index (χ1n) is 15.0. The van der Waals surface area contributed by atoms with Crippen LogP contribution < -0.4 is 0 Å². The summed E-state index contributed by atoms with van der Waals surface area (Å²) in [6.07, 6.45) is 28.2. The first kappa shape index (κ1) is 32.9. The highest BCUT2D eigenvalue weighted by Crippen LogP contribution is 2.13. The van der Waals surface area contributed by atoms with Crippen molar-refractivity contribution >= 4 is 11.9 Å². The second-order valence-electron chi connectivity index (χ2n) is 10.0. The van der Waals surface area contributed by atoms with Gasteiger partial charge in [-0.2, -0.15) is 0 Å². The fourth-order valence-corrected chi connectivity index (χ4v) is 4.25. The molecule has 0 aromatic heterocycles. The van der Waals surface area contributed by atoms with Gasteiger partial charge in [0, 0.05) is 12.8 Å². The zero-order valence-electron chi connectivity index (χ0n) is 23.0.